The molecule has 3 aromatic rings. The van der Waals surface area contributed by atoms with Crippen LogP contribution in [0.1, 0.15) is 64.6 Å². The van der Waals surface area contributed by atoms with Gasteiger partial charge in [-0.1, -0.05) is 24.6 Å². The van der Waals surface area contributed by atoms with Crippen LogP contribution in [-0.4, -0.2) is 41.9 Å². The number of thiophene rings is 2. The Hall–Kier alpha value is -1.69. The van der Waals surface area contributed by atoms with Crippen molar-refractivity contribution in [1.82, 2.24) is 9.80 Å². The fourth-order valence-electron chi connectivity index (χ4n) is 5.61. The van der Waals surface area contributed by atoms with Gasteiger partial charge < -0.3 is 9.80 Å². The van der Waals surface area contributed by atoms with Crippen molar-refractivity contribution >= 4 is 38.7 Å². The second-order valence-electron chi connectivity index (χ2n) is 9.51. The zero-order valence-corrected chi connectivity index (χ0v) is 21.2. The summed E-state index contributed by atoms with van der Waals surface area (Å²) >= 11 is 3.89. The van der Waals surface area contributed by atoms with E-state index in [-0.39, 0.29) is 5.91 Å². The maximum absolute atomic E-state index is 11.8. The van der Waals surface area contributed by atoms with E-state index in [1.54, 1.807) is 28.5 Å². The highest BCUT2D eigenvalue weighted by molar-refractivity contribution is 7.17. The Morgan fingerprint density at radius 3 is 2.75 bits per heavy atom. The summed E-state index contributed by atoms with van der Waals surface area (Å²) in [6.45, 7) is 11.5. The predicted octanol–water partition coefficient (Wildman–Crippen LogP) is 6.16. The first-order valence-corrected chi connectivity index (χ1v) is 13.8. The molecule has 3 nitrogen and oxygen atoms in total. The van der Waals surface area contributed by atoms with Crippen LogP contribution in [0.4, 0.5) is 0 Å². The number of likely N-dealkylation sites (tertiary alicyclic amines) is 1. The first-order valence-electron chi connectivity index (χ1n) is 12.1. The van der Waals surface area contributed by atoms with Gasteiger partial charge in [-0.05, 0) is 91.6 Å². The zero-order valence-electron chi connectivity index (χ0n) is 19.6. The van der Waals surface area contributed by atoms with Gasteiger partial charge in [-0.25, -0.2) is 0 Å². The molecule has 1 aromatic carbocycles. The number of nitrogens with zero attached hydrogens (tertiary/aromatic N) is 2. The molecule has 2 aliphatic rings. The lowest BCUT2D eigenvalue weighted by Crippen LogP contribution is -2.34. The monoisotopic (exact) mass is 466 g/mol. The standard InChI is InChI=1S/C27H34N2OS2/c1-4-21-22-9-14-29(19(3)30)16-27(22)32-26(21)10-13-28-11-7-20(8-12-28)24-17-31-25-6-5-18(2)15-23(24)25/h5-6,15,17,20H,4,7-14,16H2,1-3H3. The molecule has 0 N–H and O–H groups in total. The van der Waals surface area contributed by atoms with E-state index < -0.39 is 0 Å². The summed E-state index contributed by atoms with van der Waals surface area (Å²) in [4.78, 5) is 19.5. The van der Waals surface area contributed by atoms with Crippen LogP contribution in [0, 0.1) is 6.92 Å². The molecule has 0 unspecified atom stereocenters. The number of piperidine rings is 1. The van der Waals surface area contributed by atoms with Gasteiger partial charge in [-0.3, -0.25) is 4.79 Å². The SMILES string of the molecule is CCc1c(CCN2CCC(c3csc4ccc(C)cc34)CC2)sc2c1CCN(C(C)=O)C2. The van der Waals surface area contributed by atoms with Crippen LogP contribution in [0.3, 0.4) is 0 Å². The van der Waals surface area contributed by atoms with Crippen molar-refractivity contribution in [1.29, 1.82) is 0 Å². The van der Waals surface area contributed by atoms with Crippen LogP contribution in [0.15, 0.2) is 23.6 Å². The second kappa shape index (κ2) is 9.28. The largest absolute Gasteiger partial charge is 0.337 e. The van der Waals surface area contributed by atoms with Crippen molar-refractivity contribution in [2.24, 2.45) is 0 Å². The van der Waals surface area contributed by atoms with E-state index in [1.165, 1.54) is 53.0 Å². The fourth-order valence-corrected chi connectivity index (χ4v) is 8.09. The Labute approximate surface area is 200 Å². The maximum Gasteiger partial charge on any atom is 0.219 e. The number of fused-ring (bicyclic) bond motifs is 2. The van der Waals surface area contributed by atoms with Gasteiger partial charge >= 0.3 is 0 Å². The molecular formula is C27H34N2OS2. The molecule has 0 saturated carbocycles. The highest BCUT2D eigenvalue weighted by Crippen LogP contribution is 2.38. The maximum atomic E-state index is 11.8. The molecule has 2 aliphatic heterocycles. The summed E-state index contributed by atoms with van der Waals surface area (Å²) in [7, 11) is 0. The number of amides is 1. The Bertz CT molecular complexity index is 1120. The fraction of sp³-hybridized carbons (Fsp3) is 0.519. The average Bonchev–Trinajstić information content (AvgIpc) is 3.37. The predicted molar refractivity (Wildman–Crippen MR) is 137 cm³/mol. The number of aryl methyl sites for hydroxylation is 1. The summed E-state index contributed by atoms with van der Waals surface area (Å²) in [5, 5.41) is 3.91. The van der Waals surface area contributed by atoms with Gasteiger partial charge in [0.05, 0.1) is 6.54 Å². The molecule has 0 atom stereocenters. The van der Waals surface area contributed by atoms with Crippen LogP contribution in [0.2, 0.25) is 0 Å². The minimum atomic E-state index is 0.208. The van der Waals surface area contributed by atoms with Crippen LogP contribution in [-0.2, 0) is 30.6 Å². The molecule has 0 spiro atoms. The quantitative estimate of drug-likeness (QED) is 0.449. The smallest absolute Gasteiger partial charge is 0.219 e. The summed E-state index contributed by atoms with van der Waals surface area (Å²) in [6.07, 6.45) is 5.86. The molecule has 5 rings (SSSR count). The number of hydrogen-bond donors (Lipinski definition) is 0. The third kappa shape index (κ3) is 4.27. The van der Waals surface area contributed by atoms with Gasteiger partial charge in [0.2, 0.25) is 5.91 Å². The summed E-state index contributed by atoms with van der Waals surface area (Å²) in [6, 6.07) is 6.90. The summed E-state index contributed by atoms with van der Waals surface area (Å²) in [5.41, 5.74) is 6.10. The molecule has 0 aliphatic carbocycles. The number of carbonyl (C=O) groups excluding carboxylic acids is 1. The van der Waals surface area contributed by atoms with Gasteiger partial charge in [0, 0.05) is 34.5 Å². The normalized spacial score (nSPS) is 17.8. The summed E-state index contributed by atoms with van der Waals surface area (Å²) < 4.78 is 1.44. The molecule has 5 heteroatoms. The Balaban J connectivity index is 1.21. The molecule has 0 bridgehead atoms. The summed E-state index contributed by atoms with van der Waals surface area (Å²) in [5.74, 6) is 0.916. The van der Waals surface area contributed by atoms with Crippen molar-refractivity contribution in [3.8, 4) is 0 Å². The highest BCUT2D eigenvalue weighted by Gasteiger charge is 2.26. The van der Waals surface area contributed by atoms with Crippen molar-refractivity contribution in [2.75, 3.05) is 26.2 Å². The van der Waals surface area contributed by atoms with Crippen molar-refractivity contribution in [3.63, 3.8) is 0 Å². The Kier molecular flexibility index (Phi) is 6.42. The van der Waals surface area contributed by atoms with Crippen LogP contribution < -0.4 is 0 Å². The van der Waals surface area contributed by atoms with Crippen molar-refractivity contribution in [2.45, 2.75) is 65.3 Å². The number of hydrogen-bond acceptors (Lipinski definition) is 4. The zero-order chi connectivity index (χ0) is 22.2. The van der Waals surface area contributed by atoms with E-state index >= 15 is 0 Å². The van der Waals surface area contributed by atoms with Crippen LogP contribution in [0.25, 0.3) is 10.1 Å². The van der Waals surface area contributed by atoms with E-state index in [0.717, 1.165) is 32.4 Å². The molecule has 1 amide bonds. The third-order valence-electron chi connectivity index (χ3n) is 7.49. The van der Waals surface area contributed by atoms with E-state index in [0.29, 0.717) is 5.92 Å². The molecule has 0 radical (unpaired) electrons. The van der Waals surface area contributed by atoms with Gasteiger partial charge in [0.15, 0.2) is 0 Å². The molecule has 2 aromatic heterocycles. The molecule has 170 valence electrons. The van der Waals surface area contributed by atoms with Gasteiger partial charge in [-0.15, -0.1) is 22.7 Å². The van der Waals surface area contributed by atoms with Gasteiger partial charge in [0.1, 0.15) is 0 Å². The van der Waals surface area contributed by atoms with E-state index in [9.17, 15) is 4.79 Å². The van der Waals surface area contributed by atoms with Crippen molar-refractivity contribution in [3.05, 3.63) is 55.6 Å². The third-order valence-corrected chi connectivity index (χ3v) is 9.79. The first kappa shape index (κ1) is 22.1. The van der Waals surface area contributed by atoms with Crippen LogP contribution in [0.5, 0.6) is 0 Å². The molecule has 1 fully saturated rings. The second-order valence-corrected chi connectivity index (χ2v) is 11.6. The Morgan fingerprint density at radius 1 is 1.19 bits per heavy atom. The number of carbonyl (C=O) groups is 1. The van der Waals surface area contributed by atoms with E-state index in [2.05, 4.69) is 42.3 Å². The lowest BCUT2D eigenvalue weighted by Gasteiger charge is -2.32. The van der Waals surface area contributed by atoms with Crippen LogP contribution >= 0.6 is 22.7 Å². The van der Waals surface area contributed by atoms with Crippen molar-refractivity contribution < 1.29 is 4.79 Å². The lowest BCUT2D eigenvalue weighted by molar-refractivity contribution is -0.129. The topological polar surface area (TPSA) is 23.6 Å². The van der Waals surface area contributed by atoms with E-state index in [4.69, 9.17) is 0 Å². The minimum absolute atomic E-state index is 0.208. The average molecular weight is 467 g/mol. The molecule has 1 saturated heterocycles. The Morgan fingerprint density at radius 2 is 2.00 bits per heavy atom. The molecular weight excluding hydrogens is 432 g/mol. The number of benzene rings is 1. The van der Waals surface area contributed by atoms with E-state index in [1.807, 2.05) is 27.6 Å². The lowest BCUT2D eigenvalue weighted by atomic mass is 9.89. The minimum Gasteiger partial charge on any atom is -0.337 e. The molecule has 32 heavy (non-hydrogen) atoms. The first-order chi connectivity index (χ1) is 15.5. The number of rotatable bonds is 5. The highest BCUT2D eigenvalue weighted by atomic mass is 32.1. The molecule has 4 heterocycles. The van der Waals surface area contributed by atoms with Gasteiger partial charge in [0.25, 0.3) is 0 Å². The van der Waals surface area contributed by atoms with Gasteiger partial charge in [-0.2, -0.15) is 0 Å².